The molecule has 1 aliphatic heterocycles. The van der Waals surface area contributed by atoms with Crippen molar-refractivity contribution < 1.29 is 26.5 Å². The highest BCUT2D eigenvalue weighted by Gasteiger charge is 2.30. The first kappa shape index (κ1) is 18.2. The highest BCUT2D eigenvalue weighted by Crippen LogP contribution is 2.08. The lowest BCUT2D eigenvalue weighted by atomic mass is 10.1. The van der Waals surface area contributed by atoms with Crippen LogP contribution in [-0.4, -0.2) is 36.0 Å². The number of carbonyl (C=O) groups excluding carboxylic acids is 1. The molecule has 0 N–H and O–H groups in total. The Morgan fingerprint density at radius 3 is 2.47 bits per heavy atom. The van der Waals surface area contributed by atoms with Gasteiger partial charge in [0.15, 0.2) is 6.54 Å². The molecule has 0 saturated heterocycles. The molecule has 0 aromatic carbocycles. The summed E-state index contributed by atoms with van der Waals surface area (Å²) >= 11 is 0. The Hall–Kier alpha value is -0.840. The molecular formula is C14H24BrN2O2. The van der Waals surface area contributed by atoms with E-state index in [-0.39, 0.29) is 29.5 Å². The van der Waals surface area contributed by atoms with Crippen LogP contribution in [0.1, 0.15) is 45.4 Å². The highest BCUT2D eigenvalue weighted by molar-refractivity contribution is 5.72. The van der Waals surface area contributed by atoms with Gasteiger partial charge in [-0.15, -0.1) is 9.80 Å². The number of carbonyl (C=O) groups is 1. The van der Waals surface area contributed by atoms with Crippen LogP contribution in [0.4, 0.5) is 0 Å². The van der Waals surface area contributed by atoms with Crippen molar-refractivity contribution >= 4 is 5.97 Å². The molecule has 0 amide bonds. The highest BCUT2D eigenvalue weighted by atomic mass is 79.9. The lowest BCUT2D eigenvalue weighted by Gasteiger charge is -2.05. The Balaban J connectivity index is 0.00000324. The van der Waals surface area contributed by atoms with E-state index in [0.29, 0.717) is 6.61 Å². The SMILES string of the molecule is CCCCCCCCOC(=O)CN1[C+]N(C)C=C1.[Br-]. The quantitative estimate of drug-likeness (QED) is 0.327. The molecule has 0 bridgehead atoms. The second-order valence-corrected chi connectivity index (χ2v) is 4.63. The fraction of sp³-hybridized carbons (Fsp3) is 0.714. The number of halogens is 1. The molecule has 1 radical (unpaired) electrons. The van der Waals surface area contributed by atoms with E-state index in [0.717, 1.165) is 12.8 Å². The fourth-order valence-corrected chi connectivity index (χ4v) is 1.79. The zero-order valence-electron chi connectivity index (χ0n) is 11.9. The summed E-state index contributed by atoms with van der Waals surface area (Å²) in [5.41, 5.74) is 0. The molecule has 0 fully saturated rings. The van der Waals surface area contributed by atoms with Crippen LogP contribution < -0.4 is 17.0 Å². The van der Waals surface area contributed by atoms with E-state index in [1.54, 1.807) is 9.80 Å². The third-order valence-electron chi connectivity index (χ3n) is 2.82. The van der Waals surface area contributed by atoms with Crippen LogP contribution in [0.5, 0.6) is 0 Å². The van der Waals surface area contributed by atoms with Gasteiger partial charge in [0.05, 0.1) is 26.1 Å². The molecule has 1 heterocycles. The van der Waals surface area contributed by atoms with Crippen molar-refractivity contribution in [3.63, 3.8) is 0 Å². The van der Waals surface area contributed by atoms with Gasteiger partial charge in [-0.1, -0.05) is 39.0 Å². The van der Waals surface area contributed by atoms with E-state index in [9.17, 15) is 4.79 Å². The van der Waals surface area contributed by atoms with Crippen molar-refractivity contribution in [2.45, 2.75) is 45.4 Å². The van der Waals surface area contributed by atoms with E-state index < -0.39 is 0 Å². The van der Waals surface area contributed by atoms with Gasteiger partial charge in [-0.2, -0.15) is 0 Å². The molecule has 0 aliphatic carbocycles. The first-order chi connectivity index (χ1) is 8.72. The summed E-state index contributed by atoms with van der Waals surface area (Å²) in [5.74, 6) is -0.184. The van der Waals surface area contributed by atoms with Crippen LogP contribution in [0.15, 0.2) is 12.4 Å². The molecule has 109 valence electrons. The summed E-state index contributed by atoms with van der Waals surface area (Å²) in [6, 6.07) is 0. The summed E-state index contributed by atoms with van der Waals surface area (Å²) in [5, 5.41) is 0. The van der Waals surface area contributed by atoms with Crippen LogP contribution in [-0.2, 0) is 9.53 Å². The van der Waals surface area contributed by atoms with E-state index in [1.165, 1.54) is 25.7 Å². The molecule has 1 aliphatic rings. The molecule has 0 aromatic heterocycles. The third-order valence-corrected chi connectivity index (χ3v) is 2.82. The van der Waals surface area contributed by atoms with Gasteiger partial charge in [-0.25, -0.2) is 4.79 Å². The zero-order valence-corrected chi connectivity index (χ0v) is 13.5. The summed E-state index contributed by atoms with van der Waals surface area (Å²) in [4.78, 5) is 15.0. The molecule has 0 unspecified atom stereocenters. The number of hydrogen-bond acceptors (Lipinski definition) is 4. The van der Waals surface area contributed by atoms with Gasteiger partial charge in [-0.3, -0.25) is 0 Å². The zero-order chi connectivity index (χ0) is 13.2. The van der Waals surface area contributed by atoms with E-state index in [4.69, 9.17) is 4.74 Å². The van der Waals surface area contributed by atoms with Crippen molar-refractivity contribution in [2.24, 2.45) is 0 Å². The smallest absolute Gasteiger partial charge is 0.564 e. The minimum atomic E-state index is -0.184. The average molecular weight is 332 g/mol. The minimum absolute atomic E-state index is 0. The third kappa shape index (κ3) is 8.81. The molecule has 0 spiro atoms. The lowest BCUT2D eigenvalue weighted by molar-refractivity contribution is -0.144. The first-order valence-corrected chi connectivity index (χ1v) is 6.82. The van der Waals surface area contributed by atoms with E-state index >= 15 is 0 Å². The maximum absolute atomic E-state index is 11.5. The first-order valence-electron chi connectivity index (χ1n) is 6.82. The molecule has 5 heteroatoms. The van der Waals surface area contributed by atoms with Gasteiger partial charge in [0.2, 0.25) is 0 Å². The Bertz CT molecular complexity index is 272. The predicted octanol–water partition coefficient (Wildman–Crippen LogP) is -0.391. The number of hydrogen-bond donors (Lipinski definition) is 0. The molecule has 19 heavy (non-hydrogen) atoms. The fourth-order valence-electron chi connectivity index (χ4n) is 1.79. The van der Waals surface area contributed by atoms with Crippen molar-refractivity contribution in [1.82, 2.24) is 9.80 Å². The summed E-state index contributed by atoms with van der Waals surface area (Å²) < 4.78 is 5.17. The van der Waals surface area contributed by atoms with Crippen LogP contribution in [0.2, 0.25) is 0 Å². The molecule has 0 saturated carbocycles. The molecule has 4 nitrogen and oxygen atoms in total. The van der Waals surface area contributed by atoms with Crippen LogP contribution in [0.3, 0.4) is 0 Å². The van der Waals surface area contributed by atoms with E-state index in [1.807, 2.05) is 19.4 Å². The number of esters is 1. The van der Waals surface area contributed by atoms with Gasteiger partial charge in [0.25, 0.3) is 0 Å². The topological polar surface area (TPSA) is 32.8 Å². The van der Waals surface area contributed by atoms with Gasteiger partial charge in [0, 0.05) is 0 Å². The Morgan fingerprint density at radius 2 is 1.84 bits per heavy atom. The molecule has 0 aromatic rings. The van der Waals surface area contributed by atoms with Gasteiger partial charge >= 0.3 is 12.6 Å². The summed E-state index contributed by atoms with van der Waals surface area (Å²) in [7, 11) is 1.87. The molecule has 1 rings (SSSR count). The molecular weight excluding hydrogens is 308 g/mol. The summed E-state index contributed by atoms with van der Waals surface area (Å²) in [6.07, 6.45) is 10.9. The van der Waals surface area contributed by atoms with E-state index in [2.05, 4.69) is 13.6 Å². The van der Waals surface area contributed by atoms with Crippen molar-refractivity contribution in [1.29, 1.82) is 0 Å². The van der Waals surface area contributed by atoms with Gasteiger partial charge < -0.3 is 21.7 Å². The van der Waals surface area contributed by atoms with Crippen molar-refractivity contribution in [3.8, 4) is 0 Å². The largest absolute Gasteiger partial charge is 1.00 e. The number of rotatable bonds is 9. The minimum Gasteiger partial charge on any atom is -1.00 e. The Morgan fingerprint density at radius 1 is 1.16 bits per heavy atom. The second kappa shape index (κ2) is 11.0. The second-order valence-electron chi connectivity index (χ2n) is 4.63. The van der Waals surface area contributed by atoms with Crippen LogP contribution >= 0.6 is 0 Å². The maximum Gasteiger partial charge on any atom is 0.564 e. The number of ether oxygens (including phenoxy) is 1. The maximum atomic E-state index is 11.5. The van der Waals surface area contributed by atoms with Gasteiger partial charge in [-0.05, 0) is 6.42 Å². The van der Waals surface area contributed by atoms with Gasteiger partial charge in [0.1, 0.15) is 0 Å². The monoisotopic (exact) mass is 331 g/mol. The predicted molar refractivity (Wildman–Crippen MR) is 71.2 cm³/mol. The normalized spacial score (nSPS) is 13.2. The van der Waals surface area contributed by atoms with Crippen molar-refractivity contribution in [2.75, 3.05) is 20.2 Å². The van der Waals surface area contributed by atoms with Crippen LogP contribution in [0, 0.1) is 6.67 Å². The standard InChI is InChI=1S/C14H24N2O2.BrH/c1-3-4-5-6-7-8-11-18-14(17)12-16-10-9-15(2)13-16;/h9-10H,3-8,11-12H2,1-2H3;1H/q+1;/p-1. The van der Waals surface area contributed by atoms with Crippen LogP contribution in [0.25, 0.3) is 0 Å². The average Bonchev–Trinajstić information content (AvgIpc) is 2.73. The van der Waals surface area contributed by atoms with Crippen molar-refractivity contribution in [3.05, 3.63) is 19.1 Å². The molecule has 0 atom stereocenters. The summed E-state index contributed by atoms with van der Waals surface area (Å²) in [6.45, 7) is 5.96. The Labute approximate surface area is 127 Å². The Kier molecular flexibility index (Phi) is 10.5. The number of unbranched alkanes of at least 4 members (excludes halogenated alkanes) is 5. The number of nitrogens with zero attached hydrogens (tertiary/aromatic N) is 2. The lowest BCUT2D eigenvalue weighted by Crippen LogP contribution is -3.00.